The normalized spacial score (nSPS) is 15.8. The Bertz CT molecular complexity index is 550. The van der Waals surface area contributed by atoms with Crippen LogP contribution in [0.1, 0.15) is 46.5 Å². The van der Waals surface area contributed by atoms with Crippen LogP contribution in [0.25, 0.3) is 0 Å². The zero-order valence-electron chi connectivity index (χ0n) is 12.7. The summed E-state index contributed by atoms with van der Waals surface area (Å²) in [5.74, 6) is 0. The van der Waals surface area contributed by atoms with Gasteiger partial charge in [-0.2, -0.15) is 0 Å². The van der Waals surface area contributed by atoms with E-state index in [9.17, 15) is 0 Å². The van der Waals surface area contributed by atoms with E-state index in [1.54, 1.807) is 6.56 Å². The van der Waals surface area contributed by atoms with Crippen LogP contribution in [-0.4, -0.2) is 7.42 Å². The van der Waals surface area contributed by atoms with Crippen LogP contribution in [0.15, 0.2) is 42.5 Å². The van der Waals surface area contributed by atoms with Gasteiger partial charge in [0.2, 0.25) is 0 Å². The molecule has 0 saturated heterocycles. The Hall–Kier alpha value is 0.163. The Balaban J connectivity index is 0.00000180. The van der Waals surface area contributed by atoms with Crippen LogP contribution in [-0.2, 0) is 19.3 Å². The third-order valence-corrected chi connectivity index (χ3v) is 16.1. The molecule has 2 aliphatic carbocycles. The average molecular weight is 393 g/mol. The Morgan fingerprint density at radius 3 is 2.10 bits per heavy atom. The molecule has 0 heterocycles. The molecule has 0 aliphatic heterocycles. The molecular weight excluding hydrogens is 366 g/mol. The number of halogens is 2. The molecule has 0 amide bonds. The largest absolute Gasteiger partial charge is 0.147 e. The fourth-order valence-corrected chi connectivity index (χ4v) is 14.6. The Kier molecular flexibility index (Phi) is 9.31. The van der Waals surface area contributed by atoms with Crippen molar-refractivity contribution < 1.29 is 19.3 Å². The number of hydrogen-bond donors (Lipinski definition) is 0. The molecule has 2 rings (SSSR count). The SMILES string of the molecule is CC[CH]=[Zr](=[CH]CC)([C]1=CC=CC1)[C]1=CC(C)=CC1.Cl.Cl. The van der Waals surface area contributed by atoms with Gasteiger partial charge in [-0.15, -0.1) is 24.8 Å². The van der Waals surface area contributed by atoms with Crippen molar-refractivity contribution in [3.63, 3.8) is 0 Å². The summed E-state index contributed by atoms with van der Waals surface area (Å²) in [6, 6.07) is 0. The van der Waals surface area contributed by atoms with E-state index in [2.05, 4.69) is 58.6 Å². The minimum atomic E-state index is -2.49. The van der Waals surface area contributed by atoms with E-state index in [0.29, 0.717) is 0 Å². The molecule has 0 nitrogen and oxygen atoms in total. The third kappa shape index (κ3) is 4.09. The summed E-state index contributed by atoms with van der Waals surface area (Å²) in [5, 5.41) is 0. The fourth-order valence-electron chi connectivity index (χ4n) is 3.16. The van der Waals surface area contributed by atoms with Gasteiger partial charge in [0.05, 0.1) is 0 Å². The maximum absolute atomic E-state index is 2.70. The molecule has 0 atom stereocenters. The van der Waals surface area contributed by atoms with Gasteiger partial charge in [-0.25, -0.2) is 0 Å². The summed E-state index contributed by atoms with van der Waals surface area (Å²) < 4.78 is 8.92. The van der Waals surface area contributed by atoms with Crippen LogP contribution < -0.4 is 0 Å². The molecule has 0 fully saturated rings. The zero-order valence-corrected chi connectivity index (χ0v) is 16.8. The molecule has 3 heteroatoms. The maximum atomic E-state index is 2.70. The molecule has 0 unspecified atom stereocenters. The summed E-state index contributed by atoms with van der Waals surface area (Å²) in [7, 11) is 0. The predicted octanol–water partition coefficient (Wildman–Crippen LogP) is 5.49. The molecule has 20 heavy (non-hydrogen) atoms. The molecule has 0 aromatic rings. The van der Waals surface area contributed by atoms with Gasteiger partial charge < -0.3 is 0 Å². The van der Waals surface area contributed by atoms with Gasteiger partial charge in [-0.05, 0) is 0 Å². The van der Waals surface area contributed by atoms with Gasteiger partial charge >= 0.3 is 116 Å². The molecule has 2 aliphatic rings. The molecule has 0 aromatic carbocycles. The first-order chi connectivity index (χ1) is 8.73. The second-order valence-electron chi connectivity index (χ2n) is 5.24. The molecule has 0 N–H and O–H groups in total. The minimum absolute atomic E-state index is 0. The van der Waals surface area contributed by atoms with Crippen LogP contribution in [0.4, 0.5) is 0 Å². The standard InChI is InChI=1S/C6H7.C5H5.2C3H6.2ClH.Zr/c1-6-4-2-3-5-6;1-2-4-5-3-1;2*1-3-2;;;/h4-5H,2H2,1H3;1-3H,4H2;2*1H,3H2,2H3;2*1H;. The molecule has 112 valence electrons. The van der Waals surface area contributed by atoms with Crippen molar-refractivity contribution in [1.29, 1.82) is 0 Å². The van der Waals surface area contributed by atoms with Gasteiger partial charge in [0.25, 0.3) is 0 Å². The van der Waals surface area contributed by atoms with E-state index in [4.69, 9.17) is 0 Å². The van der Waals surface area contributed by atoms with Crippen LogP contribution in [0.2, 0.25) is 0 Å². The van der Waals surface area contributed by atoms with Crippen LogP contribution in [0.3, 0.4) is 0 Å². The summed E-state index contributed by atoms with van der Waals surface area (Å²) in [6.07, 6.45) is 16.7. The minimum Gasteiger partial charge on any atom is -0.147 e. The van der Waals surface area contributed by atoms with Crippen LogP contribution in [0, 0.1) is 0 Å². The second-order valence-corrected chi connectivity index (χ2v) is 14.7. The Morgan fingerprint density at radius 2 is 1.70 bits per heavy atom. The van der Waals surface area contributed by atoms with Crippen LogP contribution >= 0.6 is 24.8 Å². The van der Waals surface area contributed by atoms with Crippen molar-refractivity contribution in [1.82, 2.24) is 0 Å². The van der Waals surface area contributed by atoms with Crippen molar-refractivity contribution in [2.24, 2.45) is 0 Å². The molecule has 0 radical (unpaired) electrons. The van der Waals surface area contributed by atoms with E-state index in [-0.39, 0.29) is 24.8 Å². The topological polar surface area (TPSA) is 0 Å². The monoisotopic (exact) mass is 390 g/mol. The van der Waals surface area contributed by atoms with E-state index >= 15 is 0 Å². The Morgan fingerprint density at radius 1 is 1.05 bits per heavy atom. The first-order valence-corrected chi connectivity index (χ1v) is 12.4. The van der Waals surface area contributed by atoms with E-state index in [1.165, 1.54) is 31.3 Å². The predicted molar refractivity (Wildman–Crippen MR) is 95.5 cm³/mol. The first kappa shape index (κ1) is 20.2. The van der Waals surface area contributed by atoms with Crippen LogP contribution in [0.5, 0.6) is 0 Å². The van der Waals surface area contributed by atoms with Gasteiger partial charge in [-0.1, -0.05) is 0 Å². The number of allylic oxidation sites excluding steroid dienone is 8. The van der Waals surface area contributed by atoms with Gasteiger partial charge in [0.1, 0.15) is 0 Å². The average Bonchev–Trinajstić information content (AvgIpc) is 2.99. The molecular formula is C17H26Cl2Zr. The fraction of sp³-hybridized carbons (Fsp3) is 0.412. The third-order valence-electron chi connectivity index (χ3n) is 3.93. The van der Waals surface area contributed by atoms with E-state index in [0.717, 1.165) is 0 Å². The first-order valence-electron chi connectivity index (χ1n) is 7.15. The van der Waals surface area contributed by atoms with Crippen molar-refractivity contribution in [3.05, 3.63) is 42.5 Å². The summed E-state index contributed by atoms with van der Waals surface area (Å²) in [4.78, 5) is 0. The van der Waals surface area contributed by atoms with E-state index < -0.39 is 19.3 Å². The molecule has 0 bridgehead atoms. The maximum Gasteiger partial charge on any atom is -0.147 e. The van der Waals surface area contributed by atoms with Crippen molar-refractivity contribution in [3.8, 4) is 0 Å². The van der Waals surface area contributed by atoms with Crippen molar-refractivity contribution in [2.45, 2.75) is 46.5 Å². The van der Waals surface area contributed by atoms with Gasteiger partial charge in [-0.3, -0.25) is 0 Å². The van der Waals surface area contributed by atoms with Crippen molar-refractivity contribution in [2.75, 3.05) is 0 Å². The molecule has 0 aromatic heterocycles. The second kappa shape index (κ2) is 9.24. The summed E-state index contributed by atoms with van der Waals surface area (Å²) in [5.41, 5.74) is 1.46. The molecule has 0 saturated carbocycles. The zero-order chi connectivity index (χ0) is 13.0. The van der Waals surface area contributed by atoms with E-state index in [1.807, 2.05) is 0 Å². The smallest absolute Gasteiger partial charge is 0.147 e. The van der Waals surface area contributed by atoms with Gasteiger partial charge in [0, 0.05) is 0 Å². The summed E-state index contributed by atoms with van der Waals surface area (Å²) >= 11 is -2.49. The van der Waals surface area contributed by atoms with Crippen molar-refractivity contribution >= 4 is 32.2 Å². The quantitative estimate of drug-likeness (QED) is 0.594. The molecule has 0 spiro atoms. The Labute approximate surface area is 139 Å². The van der Waals surface area contributed by atoms with Gasteiger partial charge in [0.15, 0.2) is 0 Å². The summed E-state index contributed by atoms with van der Waals surface area (Å²) in [6.45, 7) is 6.84. The number of hydrogen-bond acceptors (Lipinski definition) is 0. The number of rotatable bonds is 4.